The first-order chi connectivity index (χ1) is 6.38. The molecule has 0 aliphatic rings. The van der Waals surface area contributed by atoms with Crippen LogP contribution in [0.15, 0.2) is 30.3 Å². The predicted molar refractivity (Wildman–Crippen MR) is 52.7 cm³/mol. The van der Waals surface area contributed by atoms with Crippen molar-refractivity contribution in [1.82, 2.24) is 0 Å². The fourth-order valence-electron chi connectivity index (χ4n) is 1.05. The largest absolute Gasteiger partial charge is 0.486 e. The summed E-state index contributed by atoms with van der Waals surface area (Å²) in [6.45, 7) is 2.05. The Kier molecular flexibility index (Phi) is 3.76. The maximum absolute atomic E-state index is 10.1. The average Bonchev–Trinajstić information content (AvgIpc) is 2.17. The van der Waals surface area contributed by atoms with Gasteiger partial charge in [-0.1, -0.05) is 30.4 Å². The van der Waals surface area contributed by atoms with E-state index < -0.39 is 0 Å². The molecule has 0 radical (unpaired) electrons. The zero-order valence-corrected chi connectivity index (χ0v) is 7.57. The van der Waals surface area contributed by atoms with Gasteiger partial charge in [-0.25, -0.2) is 0 Å². The van der Waals surface area contributed by atoms with Crippen LogP contribution in [0.1, 0.15) is 12.5 Å². The number of ether oxygens (including phenoxy) is 1. The van der Waals surface area contributed by atoms with Gasteiger partial charge in [0.25, 0.3) is 0 Å². The molecule has 68 valence electrons. The van der Waals surface area contributed by atoms with Crippen LogP contribution in [0.25, 0.3) is 6.08 Å². The van der Waals surface area contributed by atoms with E-state index in [0.29, 0.717) is 0 Å². The Morgan fingerprint density at radius 2 is 2.15 bits per heavy atom. The molecule has 0 N–H and O–H groups in total. The third kappa shape index (κ3) is 2.75. The van der Waals surface area contributed by atoms with Crippen molar-refractivity contribution >= 4 is 12.4 Å². The summed E-state index contributed by atoms with van der Waals surface area (Å²) in [5, 5.41) is 0. The molecule has 0 aliphatic carbocycles. The van der Waals surface area contributed by atoms with E-state index in [0.717, 1.165) is 17.6 Å². The standard InChI is InChI=1S/C11H12O2/c1-2-5-10-6-3-4-7-11(10)13-9-8-12/h2-8H,9H2,1H3/b5-2+. The minimum Gasteiger partial charge on any atom is -0.486 e. The van der Waals surface area contributed by atoms with Gasteiger partial charge < -0.3 is 4.74 Å². The lowest BCUT2D eigenvalue weighted by atomic mass is 10.2. The summed E-state index contributed by atoms with van der Waals surface area (Å²) in [7, 11) is 0. The fraction of sp³-hybridized carbons (Fsp3) is 0.182. The van der Waals surface area contributed by atoms with Crippen molar-refractivity contribution in [3.05, 3.63) is 35.9 Å². The van der Waals surface area contributed by atoms with Gasteiger partial charge in [0.15, 0.2) is 6.29 Å². The molecule has 0 saturated heterocycles. The van der Waals surface area contributed by atoms with Crippen molar-refractivity contribution in [2.75, 3.05) is 6.61 Å². The van der Waals surface area contributed by atoms with Crippen molar-refractivity contribution < 1.29 is 9.53 Å². The van der Waals surface area contributed by atoms with Crippen molar-refractivity contribution in [2.45, 2.75) is 6.92 Å². The van der Waals surface area contributed by atoms with Gasteiger partial charge in [-0.3, -0.25) is 4.79 Å². The van der Waals surface area contributed by atoms with E-state index >= 15 is 0 Å². The Balaban J connectivity index is 2.83. The van der Waals surface area contributed by atoms with E-state index in [1.54, 1.807) is 0 Å². The molecule has 0 bridgehead atoms. The number of rotatable bonds is 4. The maximum atomic E-state index is 10.1. The number of hydrogen-bond donors (Lipinski definition) is 0. The first kappa shape index (κ1) is 9.52. The summed E-state index contributed by atoms with van der Waals surface area (Å²) >= 11 is 0. The van der Waals surface area contributed by atoms with E-state index in [2.05, 4.69) is 0 Å². The molecule has 0 aliphatic heterocycles. The summed E-state index contributed by atoms with van der Waals surface area (Å²) in [6.07, 6.45) is 4.62. The molecular weight excluding hydrogens is 164 g/mol. The summed E-state index contributed by atoms with van der Waals surface area (Å²) in [5.74, 6) is 0.743. The molecule has 2 nitrogen and oxygen atoms in total. The molecule has 0 spiro atoms. The number of para-hydroxylation sites is 1. The van der Waals surface area contributed by atoms with Gasteiger partial charge in [-0.15, -0.1) is 0 Å². The molecular formula is C11H12O2. The Morgan fingerprint density at radius 1 is 1.38 bits per heavy atom. The van der Waals surface area contributed by atoms with Crippen molar-refractivity contribution in [3.63, 3.8) is 0 Å². The second kappa shape index (κ2) is 5.14. The average molecular weight is 176 g/mol. The zero-order valence-electron chi connectivity index (χ0n) is 7.57. The molecule has 0 fully saturated rings. The Labute approximate surface area is 77.8 Å². The molecule has 0 amide bonds. The lowest BCUT2D eigenvalue weighted by molar-refractivity contribution is -0.109. The van der Waals surface area contributed by atoms with Gasteiger partial charge in [-0.05, 0) is 13.0 Å². The van der Waals surface area contributed by atoms with Crippen molar-refractivity contribution in [1.29, 1.82) is 0 Å². The van der Waals surface area contributed by atoms with Gasteiger partial charge in [-0.2, -0.15) is 0 Å². The highest BCUT2D eigenvalue weighted by molar-refractivity contribution is 5.58. The fourth-order valence-corrected chi connectivity index (χ4v) is 1.05. The maximum Gasteiger partial charge on any atom is 0.157 e. The number of allylic oxidation sites excluding steroid dienone is 1. The molecule has 1 aromatic rings. The van der Waals surface area contributed by atoms with Crippen LogP contribution in [0.2, 0.25) is 0 Å². The molecule has 0 aromatic heterocycles. The van der Waals surface area contributed by atoms with E-state index in [1.165, 1.54) is 0 Å². The van der Waals surface area contributed by atoms with Crippen LogP contribution in [-0.4, -0.2) is 12.9 Å². The molecule has 0 saturated carbocycles. The molecule has 0 atom stereocenters. The number of benzene rings is 1. The summed E-state index contributed by atoms with van der Waals surface area (Å²) in [4.78, 5) is 10.1. The molecule has 13 heavy (non-hydrogen) atoms. The summed E-state index contributed by atoms with van der Waals surface area (Å²) < 4.78 is 5.22. The molecule has 0 unspecified atom stereocenters. The highest BCUT2D eigenvalue weighted by Crippen LogP contribution is 2.18. The Bertz CT molecular complexity index is 303. The minimum atomic E-state index is 0.106. The lowest BCUT2D eigenvalue weighted by Crippen LogP contribution is -1.98. The molecule has 1 aromatic carbocycles. The number of aldehydes is 1. The topological polar surface area (TPSA) is 26.3 Å². The highest BCUT2D eigenvalue weighted by atomic mass is 16.5. The Morgan fingerprint density at radius 3 is 2.85 bits per heavy atom. The SMILES string of the molecule is C/C=C/c1ccccc1OCC=O. The third-order valence-electron chi connectivity index (χ3n) is 1.57. The van der Waals surface area contributed by atoms with Crippen LogP contribution < -0.4 is 4.74 Å². The number of carbonyl (C=O) groups is 1. The monoisotopic (exact) mass is 176 g/mol. The summed E-state index contributed by atoms with van der Waals surface area (Å²) in [6, 6.07) is 7.61. The normalized spacial score (nSPS) is 10.2. The van der Waals surface area contributed by atoms with E-state index in [1.807, 2.05) is 43.3 Å². The van der Waals surface area contributed by atoms with E-state index in [-0.39, 0.29) is 6.61 Å². The van der Waals surface area contributed by atoms with Gasteiger partial charge in [0.1, 0.15) is 12.4 Å². The minimum absolute atomic E-state index is 0.106. The lowest BCUT2D eigenvalue weighted by Gasteiger charge is -2.04. The predicted octanol–water partition coefficient (Wildman–Crippen LogP) is 2.30. The quantitative estimate of drug-likeness (QED) is 0.658. The van der Waals surface area contributed by atoms with Crippen molar-refractivity contribution in [2.24, 2.45) is 0 Å². The summed E-state index contributed by atoms with van der Waals surface area (Å²) in [5.41, 5.74) is 0.992. The molecule has 2 heteroatoms. The van der Waals surface area contributed by atoms with Gasteiger partial charge in [0.2, 0.25) is 0 Å². The smallest absolute Gasteiger partial charge is 0.157 e. The van der Waals surface area contributed by atoms with Crippen LogP contribution in [-0.2, 0) is 4.79 Å². The first-order valence-corrected chi connectivity index (χ1v) is 4.16. The zero-order chi connectivity index (χ0) is 9.52. The van der Waals surface area contributed by atoms with E-state index in [9.17, 15) is 4.79 Å². The Hall–Kier alpha value is -1.57. The number of hydrogen-bond acceptors (Lipinski definition) is 2. The van der Waals surface area contributed by atoms with Crippen LogP contribution in [0.5, 0.6) is 5.75 Å². The molecule has 1 rings (SSSR count). The third-order valence-corrected chi connectivity index (χ3v) is 1.57. The second-order valence-corrected chi connectivity index (χ2v) is 2.52. The highest BCUT2D eigenvalue weighted by Gasteiger charge is 1.97. The van der Waals surface area contributed by atoms with Gasteiger partial charge in [0.05, 0.1) is 0 Å². The van der Waals surface area contributed by atoms with Gasteiger partial charge in [0, 0.05) is 5.56 Å². The van der Waals surface area contributed by atoms with Crippen molar-refractivity contribution in [3.8, 4) is 5.75 Å². The van der Waals surface area contributed by atoms with Crippen LogP contribution in [0.3, 0.4) is 0 Å². The van der Waals surface area contributed by atoms with E-state index in [4.69, 9.17) is 4.74 Å². The molecule has 0 heterocycles. The van der Waals surface area contributed by atoms with Gasteiger partial charge >= 0.3 is 0 Å². The second-order valence-electron chi connectivity index (χ2n) is 2.52. The first-order valence-electron chi connectivity index (χ1n) is 4.16. The van der Waals surface area contributed by atoms with Crippen LogP contribution in [0.4, 0.5) is 0 Å². The van der Waals surface area contributed by atoms with Crippen LogP contribution >= 0.6 is 0 Å². The number of carbonyl (C=O) groups excluding carboxylic acids is 1. The van der Waals surface area contributed by atoms with Crippen LogP contribution in [0, 0.1) is 0 Å².